The Bertz CT molecular complexity index is 620. The van der Waals surface area contributed by atoms with Crippen molar-refractivity contribution < 1.29 is 19.1 Å². The quantitative estimate of drug-likeness (QED) is 0.629. The third-order valence-corrected chi connectivity index (χ3v) is 4.85. The van der Waals surface area contributed by atoms with E-state index in [1.54, 1.807) is 13.0 Å². The first-order valence-electron chi connectivity index (χ1n) is 6.43. The van der Waals surface area contributed by atoms with Crippen molar-refractivity contribution in [2.45, 2.75) is 26.8 Å². The monoisotopic (exact) mass is 325 g/mol. The van der Waals surface area contributed by atoms with Gasteiger partial charge in [-0.15, -0.1) is 11.3 Å². The van der Waals surface area contributed by atoms with Crippen molar-refractivity contribution in [2.24, 2.45) is 0 Å². The van der Waals surface area contributed by atoms with Gasteiger partial charge in [-0.25, -0.2) is 4.79 Å². The van der Waals surface area contributed by atoms with Crippen LogP contribution in [0.2, 0.25) is 0 Å². The van der Waals surface area contributed by atoms with Gasteiger partial charge in [0.2, 0.25) is 0 Å². The molecule has 0 spiro atoms. The second-order valence-electron chi connectivity index (χ2n) is 4.45. The molecule has 1 atom stereocenters. The summed E-state index contributed by atoms with van der Waals surface area (Å²) < 4.78 is 4.86. The van der Waals surface area contributed by atoms with E-state index in [0.717, 1.165) is 27.1 Å². The number of rotatable bonds is 4. The van der Waals surface area contributed by atoms with Crippen molar-refractivity contribution in [3.8, 4) is 0 Å². The van der Waals surface area contributed by atoms with Gasteiger partial charge >= 0.3 is 5.97 Å². The Kier molecular flexibility index (Phi) is 4.84. The van der Waals surface area contributed by atoms with Gasteiger partial charge in [0.15, 0.2) is 0 Å². The molecule has 7 heteroatoms. The van der Waals surface area contributed by atoms with Gasteiger partial charge in [0.1, 0.15) is 6.04 Å². The summed E-state index contributed by atoms with van der Waals surface area (Å²) in [7, 11) is 0. The maximum atomic E-state index is 12.3. The molecule has 1 fully saturated rings. The predicted octanol–water partition coefficient (Wildman–Crippen LogP) is 3.04. The molecule has 0 radical (unpaired) electrons. The summed E-state index contributed by atoms with van der Waals surface area (Å²) >= 11 is 2.35. The minimum absolute atomic E-state index is 0.212. The zero-order chi connectivity index (χ0) is 15.6. The van der Waals surface area contributed by atoms with Gasteiger partial charge in [0.05, 0.1) is 11.5 Å². The largest absolute Gasteiger partial charge is 0.464 e. The number of ether oxygens (including phenoxy) is 1. The first-order valence-corrected chi connectivity index (χ1v) is 8.13. The lowest BCUT2D eigenvalue weighted by Crippen LogP contribution is -2.42. The van der Waals surface area contributed by atoms with Crippen LogP contribution in [0.25, 0.3) is 6.08 Å². The van der Waals surface area contributed by atoms with E-state index >= 15 is 0 Å². The highest BCUT2D eigenvalue weighted by Gasteiger charge is 2.41. The molecule has 5 nitrogen and oxygen atoms in total. The first-order chi connectivity index (χ1) is 9.95. The number of carbonyl (C=O) groups is 3. The van der Waals surface area contributed by atoms with E-state index in [0.29, 0.717) is 4.91 Å². The molecular formula is C14H15NO4S2. The average Bonchev–Trinajstić information content (AvgIpc) is 2.95. The highest BCUT2D eigenvalue weighted by Crippen LogP contribution is 2.35. The molecule has 1 saturated heterocycles. The number of hydrogen-bond donors (Lipinski definition) is 0. The molecular weight excluding hydrogens is 310 g/mol. The number of thioether (sulfide) groups is 1. The van der Waals surface area contributed by atoms with Gasteiger partial charge < -0.3 is 4.74 Å². The molecule has 112 valence electrons. The van der Waals surface area contributed by atoms with E-state index in [9.17, 15) is 14.4 Å². The Hall–Kier alpha value is -1.60. The van der Waals surface area contributed by atoms with Crippen LogP contribution < -0.4 is 0 Å². The van der Waals surface area contributed by atoms with Crippen LogP contribution in [0.3, 0.4) is 0 Å². The van der Waals surface area contributed by atoms with E-state index < -0.39 is 23.2 Å². The van der Waals surface area contributed by atoms with Gasteiger partial charge in [-0.3, -0.25) is 14.5 Å². The van der Waals surface area contributed by atoms with Crippen LogP contribution in [0.5, 0.6) is 0 Å². The predicted molar refractivity (Wildman–Crippen MR) is 83.0 cm³/mol. The molecule has 1 aliphatic rings. The Morgan fingerprint density at radius 2 is 2.19 bits per heavy atom. The van der Waals surface area contributed by atoms with Crippen LogP contribution in [-0.4, -0.2) is 34.7 Å². The lowest BCUT2D eigenvalue weighted by Gasteiger charge is -2.19. The van der Waals surface area contributed by atoms with E-state index in [1.165, 1.54) is 18.3 Å². The lowest BCUT2D eigenvalue weighted by atomic mass is 10.2. The summed E-state index contributed by atoms with van der Waals surface area (Å²) in [4.78, 5) is 38.2. The van der Waals surface area contributed by atoms with Crippen LogP contribution in [-0.2, 0) is 14.3 Å². The molecule has 2 heterocycles. The van der Waals surface area contributed by atoms with Crippen molar-refractivity contribution in [3.05, 3.63) is 26.8 Å². The number of amides is 2. The topological polar surface area (TPSA) is 63.7 Å². The molecule has 1 aromatic rings. The number of aryl methyl sites for hydroxylation is 1. The van der Waals surface area contributed by atoms with E-state index in [4.69, 9.17) is 4.74 Å². The number of imide groups is 1. The smallest absolute Gasteiger partial charge is 0.329 e. The summed E-state index contributed by atoms with van der Waals surface area (Å²) in [6, 6.07) is 1.04. The minimum atomic E-state index is -0.909. The normalized spacial score (nSPS) is 18.4. The van der Waals surface area contributed by atoms with Crippen molar-refractivity contribution in [2.75, 3.05) is 6.61 Å². The fourth-order valence-corrected chi connectivity index (χ4v) is 3.66. The molecule has 0 N–H and O–H groups in total. The molecule has 0 aromatic carbocycles. The molecule has 2 rings (SSSR count). The number of hydrogen-bond acceptors (Lipinski definition) is 6. The maximum absolute atomic E-state index is 12.3. The highest BCUT2D eigenvalue weighted by atomic mass is 32.2. The summed E-state index contributed by atoms with van der Waals surface area (Å²) in [5, 5.41) is 1.48. The summed E-state index contributed by atoms with van der Waals surface area (Å²) in [5.74, 6) is -1.02. The van der Waals surface area contributed by atoms with Crippen molar-refractivity contribution in [1.29, 1.82) is 0 Å². The zero-order valence-electron chi connectivity index (χ0n) is 11.9. The van der Waals surface area contributed by atoms with Gasteiger partial charge in [0.25, 0.3) is 11.1 Å². The van der Waals surface area contributed by atoms with Gasteiger partial charge in [-0.05, 0) is 55.6 Å². The Balaban J connectivity index is 2.23. The SMILES string of the molecule is CCOC(=O)C(C)N1C(=O)S/C(=C/c2sccc2C)C1=O. The lowest BCUT2D eigenvalue weighted by molar-refractivity contribution is -0.150. The molecule has 21 heavy (non-hydrogen) atoms. The zero-order valence-corrected chi connectivity index (χ0v) is 13.5. The van der Waals surface area contributed by atoms with Crippen molar-refractivity contribution in [3.63, 3.8) is 0 Å². The molecule has 1 unspecified atom stereocenters. The maximum Gasteiger partial charge on any atom is 0.329 e. The Morgan fingerprint density at radius 1 is 1.48 bits per heavy atom. The highest BCUT2D eigenvalue weighted by molar-refractivity contribution is 8.18. The number of carbonyl (C=O) groups excluding carboxylic acids is 3. The van der Waals surface area contributed by atoms with Crippen molar-refractivity contribution in [1.82, 2.24) is 4.90 Å². The van der Waals surface area contributed by atoms with Crippen LogP contribution in [0, 0.1) is 6.92 Å². The molecule has 0 bridgehead atoms. The third kappa shape index (κ3) is 3.19. The minimum Gasteiger partial charge on any atom is -0.464 e. The fourth-order valence-electron chi connectivity index (χ4n) is 1.83. The summed E-state index contributed by atoms with van der Waals surface area (Å²) in [6.07, 6.45) is 1.70. The third-order valence-electron chi connectivity index (χ3n) is 3.00. The van der Waals surface area contributed by atoms with Gasteiger partial charge in [0, 0.05) is 4.88 Å². The Morgan fingerprint density at radius 3 is 2.76 bits per heavy atom. The fraction of sp³-hybridized carbons (Fsp3) is 0.357. The Labute approximate surface area is 131 Å². The second kappa shape index (κ2) is 6.44. The summed E-state index contributed by atoms with van der Waals surface area (Å²) in [5.41, 5.74) is 1.05. The summed E-state index contributed by atoms with van der Waals surface area (Å²) in [6.45, 7) is 5.32. The molecule has 1 aromatic heterocycles. The number of esters is 1. The molecule has 0 saturated carbocycles. The van der Waals surface area contributed by atoms with E-state index in [-0.39, 0.29) is 6.61 Å². The van der Waals surface area contributed by atoms with Crippen LogP contribution >= 0.6 is 23.1 Å². The second-order valence-corrected chi connectivity index (χ2v) is 6.39. The van der Waals surface area contributed by atoms with Gasteiger partial charge in [-0.1, -0.05) is 0 Å². The van der Waals surface area contributed by atoms with E-state index in [2.05, 4.69) is 0 Å². The standard InChI is InChI=1S/C14H15NO4S2/c1-4-19-13(17)9(3)15-12(16)11(21-14(15)18)7-10-8(2)5-6-20-10/h5-7,9H,4H2,1-3H3/b11-7+. The first kappa shape index (κ1) is 15.8. The number of nitrogens with zero attached hydrogens (tertiary/aromatic N) is 1. The average molecular weight is 325 g/mol. The van der Waals surface area contributed by atoms with Gasteiger partial charge in [-0.2, -0.15) is 0 Å². The molecule has 1 aliphatic heterocycles. The number of thiophene rings is 1. The van der Waals surface area contributed by atoms with Crippen molar-refractivity contribution >= 4 is 46.3 Å². The van der Waals surface area contributed by atoms with Crippen LogP contribution in [0.4, 0.5) is 4.79 Å². The van der Waals surface area contributed by atoms with E-state index in [1.807, 2.05) is 18.4 Å². The molecule has 0 aliphatic carbocycles. The van der Waals surface area contributed by atoms with Crippen LogP contribution in [0.15, 0.2) is 16.4 Å². The van der Waals surface area contributed by atoms with Crippen LogP contribution in [0.1, 0.15) is 24.3 Å². The molecule has 2 amide bonds.